The van der Waals surface area contributed by atoms with Crippen LogP contribution in [0.25, 0.3) is 6.08 Å². The number of nitrogens with one attached hydrogen (secondary N) is 2. The Labute approximate surface area is 210 Å². The van der Waals surface area contributed by atoms with Gasteiger partial charge in [-0.25, -0.2) is 0 Å². The maximum atomic E-state index is 12.5. The van der Waals surface area contributed by atoms with E-state index in [1.165, 1.54) is 11.6 Å². The first-order valence-electron chi connectivity index (χ1n) is 11.4. The second-order valence-corrected chi connectivity index (χ2v) is 8.30. The Hall–Kier alpha value is -3.72. The number of ether oxygens (including phenoxy) is 2. The molecule has 1 aliphatic heterocycles. The number of thiocarbonyl (C=S) groups is 1. The van der Waals surface area contributed by atoms with Gasteiger partial charge in [0.05, 0.1) is 20.1 Å². The van der Waals surface area contributed by atoms with E-state index in [1.54, 1.807) is 30.2 Å². The first kappa shape index (κ1) is 25.9. The van der Waals surface area contributed by atoms with E-state index in [-0.39, 0.29) is 24.0 Å². The summed E-state index contributed by atoms with van der Waals surface area (Å²) in [4.78, 5) is 38.8. The number of esters is 1. The molecule has 0 aliphatic carbocycles. The molecule has 8 nitrogen and oxygen atoms in total. The van der Waals surface area contributed by atoms with E-state index >= 15 is 0 Å². The van der Waals surface area contributed by atoms with Crippen LogP contribution >= 0.6 is 12.2 Å². The Morgan fingerprint density at radius 3 is 2.63 bits per heavy atom. The number of piperazine rings is 1. The Balaban J connectivity index is 1.49. The molecular weight excluding hydrogens is 466 g/mol. The number of benzene rings is 2. The zero-order valence-corrected chi connectivity index (χ0v) is 20.4. The predicted molar refractivity (Wildman–Crippen MR) is 137 cm³/mol. The number of carbonyl (C=O) groups excluding carboxylic acids is 3. The van der Waals surface area contributed by atoms with E-state index in [0.29, 0.717) is 19.5 Å². The number of hydrogen-bond donors (Lipinski definition) is 2. The van der Waals surface area contributed by atoms with Gasteiger partial charge in [0, 0.05) is 19.2 Å². The smallest absolute Gasteiger partial charge is 0.308 e. The molecule has 0 spiro atoms. The summed E-state index contributed by atoms with van der Waals surface area (Å²) in [6.07, 6.45) is 4.32. The van der Waals surface area contributed by atoms with Crippen LogP contribution in [0.15, 0.2) is 60.7 Å². The number of rotatable bonds is 9. The average molecular weight is 496 g/mol. The summed E-state index contributed by atoms with van der Waals surface area (Å²) >= 11 is 5.37. The third-order valence-electron chi connectivity index (χ3n) is 5.44. The van der Waals surface area contributed by atoms with Crippen LogP contribution in [0.5, 0.6) is 5.75 Å². The van der Waals surface area contributed by atoms with Crippen molar-refractivity contribution in [1.82, 2.24) is 15.5 Å². The molecule has 1 fully saturated rings. The van der Waals surface area contributed by atoms with Gasteiger partial charge in [-0.1, -0.05) is 42.5 Å². The average Bonchev–Trinajstić information content (AvgIpc) is 2.87. The quantitative estimate of drug-likeness (QED) is 0.239. The number of aryl methyl sites for hydroxylation is 1. The minimum absolute atomic E-state index is 0.0890. The van der Waals surface area contributed by atoms with Gasteiger partial charge in [-0.05, 0) is 54.4 Å². The third-order valence-corrected chi connectivity index (χ3v) is 5.78. The molecule has 0 bridgehead atoms. The van der Waals surface area contributed by atoms with Gasteiger partial charge in [0.2, 0.25) is 11.8 Å². The van der Waals surface area contributed by atoms with Crippen molar-refractivity contribution in [3.05, 3.63) is 71.8 Å². The third kappa shape index (κ3) is 8.22. The van der Waals surface area contributed by atoms with Crippen LogP contribution in [0.4, 0.5) is 0 Å². The van der Waals surface area contributed by atoms with Crippen LogP contribution in [-0.2, 0) is 25.5 Å². The Morgan fingerprint density at radius 2 is 1.91 bits per heavy atom. The normalized spacial score (nSPS) is 15.4. The van der Waals surface area contributed by atoms with Crippen molar-refractivity contribution in [3.63, 3.8) is 0 Å². The van der Waals surface area contributed by atoms with E-state index in [1.807, 2.05) is 42.5 Å². The van der Waals surface area contributed by atoms with Crippen molar-refractivity contribution < 1.29 is 23.9 Å². The summed E-state index contributed by atoms with van der Waals surface area (Å²) in [6, 6.07) is 16.3. The fourth-order valence-corrected chi connectivity index (χ4v) is 3.91. The fourth-order valence-electron chi connectivity index (χ4n) is 3.59. The van der Waals surface area contributed by atoms with Crippen molar-refractivity contribution in [1.29, 1.82) is 0 Å². The molecule has 9 heteroatoms. The second-order valence-electron chi connectivity index (χ2n) is 7.91. The molecule has 0 radical (unpaired) electrons. The Morgan fingerprint density at radius 1 is 1.17 bits per heavy atom. The van der Waals surface area contributed by atoms with Gasteiger partial charge < -0.3 is 19.7 Å². The highest BCUT2D eigenvalue weighted by Gasteiger charge is 2.34. The van der Waals surface area contributed by atoms with Crippen molar-refractivity contribution in [2.45, 2.75) is 25.3 Å². The monoisotopic (exact) mass is 495 g/mol. The predicted octanol–water partition coefficient (Wildman–Crippen LogP) is 2.48. The lowest BCUT2D eigenvalue weighted by molar-refractivity contribution is -0.147. The second kappa shape index (κ2) is 13.2. The van der Waals surface area contributed by atoms with Gasteiger partial charge >= 0.3 is 5.97 Å². The van der Waals surface area contributed by atoms with Crippen molar-refractivity contribution >= 4 is 41.2 Å². The van der Waals surface area contributed by atoms with Crippen molar-refractivity contribution in [2.75, 3.05) is 26.8 Å². The Kier molecular flexibility index (Phi) is 9.80. The first-order chi connectivity index (χ1) is 17.0. The van der Waals surface area contributed by atoms with Gasteiger partial charge in [0.1, 0.15) is 11.8 Å². The maximum Gasteiger partial charge on any atom is 0.308 e. The molecular formula is C26H29N3O5S. The van der Waals surface area contributed by atoms with Crippen molar-refractivity contribution in [3.8, 4) is 5.75 Å². The molecule has 184 valence electrons. The van der Waals surface area contributed by atoms with Crippen LogP contribution < -0.4 is 15.4 Å². The van der Waals surface area contributed by atoms with E-state index in [0.717, 1.165) is 17.7 Å². The van der Waals surface area contributed by atoms with Gasteiger partial charge in [-0.15, -0.1) is 0 Å². The molecule has 1 saturated heterocycles. The largest absolute Gasteiger partial charge is 0.497 e. The number of amides is 2. The van der Waals surface area contributed by atoms with Gasteiger partial charge in [0.15, 0.2) is 5.11 Å². The van der Waals surface area contributed by atoms with Crippen LogP contribution in [0.3, 0.4) is 0 Å². The van der Waals surface area contributed by atoms with E-state index in [9.17, 15) is 14.4 Å². The molecule has 1 aliphatic rings. The van der Waals surface area contributed by atoms with Crippen LogP contribution in [0, 0.1) is 0 Å². The molecule has 1 unspecified atom stereocenters. The molecule has 2 N–H and O–H groups in total. The lowest BCUT2D eigenvalue weighted by atomic mass is 10.1. The molecule has 1 heterocycles. The molecule has 35 heavy (non-hydrogen) atoms. The Bertz CT molecular complexity index is 1060. The highest BCUT2D eigenvalue weighted by atomic mass is 32.1. The fraction of sp³-hybridized carbons (Fsp3) is 0.308. The molecule has 3 rings (SSSR count). The van der Waals surface area contributed by atoms with Gasteiger partial charge in [-0.2, -0.15) is 0 Å². The van der Waals surface area contributed by atoms with Crippen molar-refractivity contribution in [2.24, 2.45) is 0 Å². The van der Waals surface area contributed by atoms with Crippen LogP contribution in [0.1, 0.15) is 24.0 Å². The summed E-state index contributed by atoms with van der Waals surface area (Å²) in [5, 5.41) is 5.44. The number of carbonyl (C=O) groups is 3. The minimum atomic E-state index is -0.844. The number of hydrogen-bond acceptors (Lipinski definition) is 6. The molecule has 0 aromatic heterocycles. The molecule has 0 saturated carbocycles. The van der Waals surface area contributed by atoms with E-state index in [2.05, 4.69) is 10.6 Å². The van der Waals surface area contributed by atoms with Gasteiger partial charge in [0.25, 0.3) is 0 Å². The lowest BCUT2D eigenvalue weighted by Crippen LogP contribution is -2.60. The SMILES string of the molecule is COc1ccc(C=CC(=O)NC(=S)N2CCNC(=O)C2CC(=O)OCCCc2ccccc2)cc1. The standard InChI is InChI=1S/C26H29N3O5S/c1-33-21-12-9-20(10-13-21)11-14-23(30)28-26(35)29-16-15-27-25(32)22(29)18-24(31)34-17-5-8-19-6-3-2-4-7-19/h2-4,6-7,9-14,22H,5,8,15-18H2,1H3,(H,27,32)(H,28,30,35). The maximum absolute atomic E-state index is 12.5. The highest BCUT2D eigenvalue weighted by Crippen LogP contribution is 2.13. The highest BCUT2D eigenvalue weighted by molar-refractivity contribution is 7.80. The van der Waals surface area contributed by atoms with E-state index in [4.69, 9.17) is 21.7 Å². The molecule has 2 amide bonds. The zero-order valence-electron chi connectivity index (χ0n) is 19.6. The summed E-state index contributed by atoms with van der Waals surface area (Å²) in [5.74, 6) is -0.530. The summed E-state index contributed by atoms with van der Waals surface area (Å²) in [5.41, 5.74) is 1.99. The zero-order chi connectivity index (χ0) is 25.0. The molecule has 2 aromatic rings. The topological polar surface area (TPSA) is 97.0 Å². The number of methoxy groups -OCH3 is 1. The summed E-state index contributed by atoms with van der Waals surface area (Å²) < 4.78 is 10.4. The van der Waals surface area contributed by atoms with Crippen LogP contribution in [0.2, 0.25) is 0 Å². The molecule has 1 atom stereocenters. The summed E-state index contributed by atoms with van der Waals surface area (Å²) in [6.45, 7) is 0.998. The summed E-state index contributed by atoms with van der Waals surface area (Å²) in [7, 11) is 1.58. The van der Waals surface area contributed by atoms with Gasteiger partial charge in [-0.3, -0.25) is 19.7 Å². The van der Waals surface area contributed by atoms with Crippen LogP contribution in [-0.4, -0.2) is 60.6 Å². The van der Waals surface area contributed by atoms with E-state index < -0.39 is 17.9 Å². The lowest BCUT2D eigenvalue weighted by Gasteiger charge is -2.36. The molecule has 2 aromatic carbocycles. The minimum Gasteiger partial charge on any atom is -0.497 e. The first-order valence-corrected chi connectivity index (χ1v) is 11.8. The number of nitrogens with zero attached hydrogens (tertiary/aromatic N) is 1.